The Hall–Kier alpha value is -0.720. The predicted molar refractivity (Wildman–Crippen MR) is 81.5 cm³/mol. The van der Waals surface area contributed by atoms with Gasteiger partial charge in [-0.3, -0.25) is 4.72 Å². The van der Waals surface area contributed by atoms with Crippen molar-refractivity contribution in [1.82, 2.24) is 4.98 Å². The Morgan fingerprint density at radius 1 is 1.05 bits per heavy atom. The van der Waals surface area contributed by atoms with Crippen molar-refractivity contribution in [3.63, 3.8) is 0 Å². The maximum atomic E-state index is 12.2. The molecule has 0 spiro atoms. The van der Waals surface area contributed by atoms with Crippen LogP contribution in [0.2, 0.25) is 20.2 Å². The van der Waals surface area contributed by atoms with Crippen LogP contribution in [0.25, 0.3) is 0 Å². The van der Waals surface area contributed by atoms with Crippen molar-refractivity contribution >= 4 is 62.1 Å². The summed E-state index contributed by atoms with van der Waals surface area (Å²) in [5.41, 5.74) is 0.0256. The zero-order chi connectivity index (χ0) is 14.9. The summed E-state index contributed by atoms with van der Waals surface area (Å²) in [5.74, 6) is 0. The molecule has 106 valence electrons. The van der Waals surface area contributed by atoms with Gasteiger partial charge in [-0.25, -0.2) is 13.4 Å². The van der Waals surface area contributed by atoms with Gasteiger partial charge in [-0.1, -0.05) is 46.4 Å². The topological polar surface area (TPSA) is 59.1 Å². The first kappa shape index (κ1) is 15.7. The maximum absolute atomic E-state index is 12.2. The van der Waals surface area contributed by atoms with Crippen LogP contribution in [0.4, 0.5) is 5.69 Å². The van der Waals surface area contributed by atoms with Crippen molar-refractivity contribution in [2.75, 3.05) is 4.72 Å². The standard InChI is InChI=1S/C11H6Cl4N2O2S/c12-6-4-7(13)10(8(14)5-6)17-20(18,19)9-2-1-3-16-11(9)15/h1-5,17H. The molecule has 20 heavy (non-hydrogen) atoms. The van der Waals surface area contributed by atoms with Crippen LogP contribution in [0.15, 0.2) is 35.4 Å². The molecular weight excluding hydrogens is 366 g/mol. The average molecular weight is 372 g/mol. The van der Waals surface area contributed by atoms with Crippen molar-refractivity contribution < 1.29 is 8.42 Å². The fourth-order valence-corrected chi connectivity index (χ4v) is 3.98. The van der Waals surface area contributed by atoms with E-state index in [-0.39, 0.29) is 25.8 Å². The number of anilines is 1. The third kappa shape index (κ3) is 3.30. The Morgan fingerprint density at radius 3 is 2.20 bits per heavy atom. The number of sulfonamides is 1. The van der Waals surface area contributed by atoms with E-state index >= 15 is 0 Å². The Balaban J connectivity index is 2.47. The van der Waals surface area contributed by atoms with Crippen LogP contribution in [0.1, 0.15) is 0 Å². The minimum atomic E-state index is -3.96. The van der Waals surface area contributed by atoms with Gasteiger partial charge in [0.25, 0.3) is 10.0 Å². The van der Waals surface area contributed by atoms with Crippen LogP contribution in [0.3, 0.4) is 0 Å². The van der Waals surface area contributed by atoms with Gasteiger partial charge >= 0.3 is 0 Å². The summed E-state index contributed by atoms with van der Waals surface area (Å²) < 4.78 is 26.7. The lowest BCUT2D eigenvalue weighted by atomic mass is 10.3. The SMILES string of the molecule is O=S(=O)(Nc1c(Cl)cc(Cl)cc1Cl)c1cccnc1Cl. The highest BCUT2D eigenvalue weighted by molar-refractivity contribution is 7.92. The predicted octanol–water partition coefficient (Wildman–Crippen LogP) is 4.50. The minimum Gasteiger partial charge on any atom is -0.276 e. The molecule has 0 radical (unpaired) electrons. The highest BCUT2D eigenvalue weighted by atomic mass is 35.5. The molecule has 0 saturated heterocycles. The Morgan fingerprint density at radius 2 is 1.65 bits per heavy atom. The van der Waals surface area contributed by atoms with Crippen molar-refractivity contribution in [1.29, 1.82) is 0 Å². The second kappa shape index (κ2) is 5.95. The summed E-state index contributed by atoms with van der Waals surface area (Å²) in [7, 11) is -3.96. The maximum Gasteiger partial charge on any atom is 0.265 e. The molecule has 0 unspecified atom stereocenters. The summed E-state index contributed by atoms with van der Waals surface area (Å²) in [4.78, 5) is 3.53. The molecule has 0 amide bonds. The van der Waals surface area contributed by atoms with E-state index in [0.29, 0.717) is 5.02 Å². The first-order chi connectivity index (χ1) is 9.31. The summed E-state index contributed by atoms with van der Waals surface area (Å²) in [5, 5.41) is 0.292. The lowest BCUT2D eigenvalue weighted by molar-refractivity contribution is 0.601. The molecule has 1 aromatic heterocycles. The Bertz CT molecular complexity index is 742. The molecule has 4 nitrogen and oxygen atoms in total. The van der Waals surface area contributed by atoms with Crippen LogP contribution in [0, 0.1) is 0 Å². The molecule has 9 heteroatoms. The lowest BCUT2D eigenvalue weighted by Gasteiger charge is -2.12. The first-order valence-corrected chi connectivity index (χ1v) is 8.08. The Kier molecular flexibility index (Phi) is 4.66. The van der Waals surface area contributed by atoms with Gasteiger partial charge in [-0.05, 0) is 24.3 Å². The monoisotopic (exact) mass is 370 g/mol. The quantitative estimate of drug-likeness (QED) is 0.808. The fourth-order valence-electron chi connectivity index (χ4n) is 1.40. The number of halogens is 4. The second-order valence-electron chi connectivity index (χ2n) is 3.64. The van der Waals surface area contributed by atoms with E-state index in [4.69, 9.17) is 46.4 Å². The van der Waals surface area contributed by atoms with E-state index in [9.17, 15) is 8.42 Å². The van der Waals surface area contributed by atoms with E-state index < -0.39 is 10.0 Å². The first-order valence-electron chi connectivity index (χ1n) is 5.09. The molecule has 1 N–H and O–H groups in total. The molecule has 0 bridgehead atoms. The van der Waals surface area contributed by atoms with Gasteiger partial charge in [-0.2, -0.15) is 0 Å². The number of benzene rings is 1. The van der Waals surface area contributed by atoms with Crippen molar-refractivity contribution in [3.05, 3.63) is 50.7 Å². The van der Waals surface area contributed by atoms with Crippen LogP contribution in [-0.4, -0.2) is 13.4 Å². The van der Waals surface area contributed by atoms with Crippen LogP contribution < -0.4 is 4.72 Å². The number of nitrogens with zero attached hydrogens (tertiary/aromatic N) is 1. The summed E-state index contributed by atoms with van der Waals surface area (Å²) in [6, 6.07) is 5.51. The van der Waals surface area contributed by atoms with Crippen molar-refractivity contribution in [3.8, 4) is 0 Å². The average Bonchev–Trinajstić information content (AvgIpc) is 2.34. The highest BCUT2D eigenvalue weighted by Gasteiger charge is 2.21. The molecule has 2 aromatic rings. The van der Waals surface area contributed by atoms with Crippen LogP contribution in [-0.2, 0) is 10.0 Å². The summed E-state index contributed by atoms with van der Waals surface area (Å²) >= 11 is 23.4. The van der Waals surface area contributed by atoms with Gasteiger partial charge in [0, 0.05) is 11.2 Å². The van der Waals surface area contributed by atoms with Gasteiger partial charge in [0.1, 0.15) is 10.0 Å². The van der Waals surface area contributed by atoms with E-state index in [1.54, 1.807) is 0 Å². The zero-order valence-corrected chi connectivity index (χ0v) is 13.4. The van der Waals surface area contributed by atoms with Gasteiger partial charge in [-0.15, -0.1) is 0 Å². The summed E-state index contributed by atoms with van der Waals surface area (Å²) in [6.07, 6.45) is 1.38. The second-order valence-corrected chi connectivity index (χ2v) is 6.90. The smallest absolute Gasteiger partial charge is 0.265 e. The number of nitrogens with one attached hydrogen (secondary N) is 1. The van der Waals surface area contributed by atoms with Gasteiger partial charge in [0.05, 0.1) is 15.7 Å². The number of pyridine rings is 1. The highest BCUT2D eigenvalue weighted by Crippen LogP contribution is 2.35. The molecular formula is C11H6Cl4N2O2S. The molecule has 0 atom stereocenters. The largest absolute Gasteiger partial charge is 0.276 e. The zero-order valence-electron chi connectivity index (χ0n) is 9.57. The van der Waals surface area contributed by atoms with Crippen LogP contribution >= 0.6 is 46.4 Å². The molecule has 2 rings (SSSR count). The van der Waals surface area contributed by atoms with Crippen molar-refractivity contribution in [2.24, 2.45) is 0 Å². The normalized spacial score (nSPS) is 11.4. The molecule has 0 aliphatic carbocycles. The van der Waals surface area contributed by atoms with Crippen molar-refractivity contribution in [2.45, 2.75) is 4.90 Å². The van der Waals surface area contributed by atoms with E-state index in [1.165, 1.54) is 30.5 Å². The third-order valence-electron chi connectivity index (χ3n) is 2.26. The lowest BCUT2D eigenvalue weighted by Crippen LogP contribution is -2.14. The molecule has 0 aliphatic heterocycles. The number of hydrogen-bond donors (Lipinski definition) is 1. The molecule has 0 saturated carbocycles. The van der Waals surface area contributed by atoms with Gasteiger partial charge < -0.3 is 0 Å². The molecule has 0 aliphatic rings. The van der Waals surface area contributed by atoms with Gasteiger partial charge in [0.2, 0.25) is 0 Å². The fraction of sp³-hybridized carbons (Fsp3) is 0. The number of rotatable bonds is 3. The molecule has 0 fully saturated rings. The summed E-state index contributed by atoms with van der Waals surface area (Å²) in [6.45, 7) is 0. The Labute approximate surface area is 135 Å². The number of aromatic nitrogens is 1. The number of hydrogen-bond acceptors (Lipinski definition) is 3. The van der Waals surface area contributed by atoms with Gasteiger partial charge in [0.15, 0.2) is 0 Å². The van der Waals surface area contributed by atoms with E-state index in [0.717, 1.165) is 0 Å². The molecule has 1 heterocycles. The van der Waals surface area contributed by atoms with E-state index in [1.807, 2.05) is 0 Å². The van der Waals surface area contributed by atoms with Crippen LogP contribution in [0.5, 0.6) is 0 Å². The molecule has 1 aromatic carbocycles. The third-order valence-corrected chi connectivity index (χ3v) is 4.87. The van der Waals surface area contributed by atoms with E-state index in [2.05, 4.69) is 9.71 Å². The minimum absolute atomic E-state index is 0.0256.